The topological polar surface area (TPSA) is 86.2 Å². The van der Waals surface area contributed by atoms with E-state index in [9.17, 15) is 4.57 Å². The summed E-state index contributed by atoms with van der Waals surface area (Å²) in [5, 5.41) is 4.86. The number of fused-ring (bicyclic) bond motifs is 2. The summed E-state index contributed by atoms with van der Waals surface area (Å²) in [6, 6.07) is 9.79. The van der Waals surface area contributed by atoms with Crippen molar-refractivity contribution in [1.82, 2.24) is 15.0 Å². The Morgan fingerprint density at radius 3 is 2.74 bits per heavy atom. The van der Waals surface area contributed by atoms with Crippen LogP contribution in [0.4, 0.5) is 11.5 Å². The Labute approximate surface area is 184 Å². The Kier molecular flexibility index (Phi) is 4.96. The summed E-state index contributed by atoms with van der Waals surface area (Å²) in [4.78, 5) is 13.3. The van der Waals surface area contributed by atoms with Gasteiger partial charge in [-0.2, -0.15) is 0 Å². The van der Waals surface area contributed by atoms with Gasteiger partial charge in [0.2, 0.25) is 0 Å². The highest BCUT2D eigenvalue weighted by Gasteiger charge is 2.35. The summed E-state index contributed by atoms with van der Waals surface area (Å²) < 4.78 is 25.7. The Bertz CT molecular complexity index is 1330. The molecule has 0 spiro atoms. The van der Waals surface area contributed by atoms with Crippen molar-refractivity contribution in [3.05, 3.63) is 42.2 Å². The fourth-order valence-corrected chi connectivity index (χ4v) is 5.33. The average Bonchev–Trinajstić information content (AvgIpc) is 3.17. The molecule has 0 saturated carbocycles. The highest BCUT2D eigenvalue weighted by atomic mass is 32.1. The monoisotopic (exact) mass is 454 g/mol. The minimum atomic E-state index is -2.61. The van der Waals surface area contributed by atoms with E-state index in [4.69, 9.17) is 9.47 Å². The van der Waals surface area contributed by atoms with Gasteiger partial charge < -0.3 is 19.4 Å². The van der Waals surface area contributed by atoms with Crippen molar-refractivity contribution in [2.45, 2.75) is 6.92 Å². The lowest BCUT2D eigenvalue weighted by Crippen LogP contribution is -2.44. The molecule has 0 radical (unpaired) electrons. The van der Waals surface area contributed by atoms with Gasteiger partial charge in [0.25, 0.3) is 0 Å². The smallest absolute Gasteiger partial charge is 0.141 e. The Hall–Kier alpha value is -2.54. The Morgan fingerprint density at radius 2 is 2.00 bits per heavy atom. The summed E-state index contributed by atoms with van der Waals surface area (Å²) in [6.07, 6.45) is 1.52. The molecule has 2 aromatic heterocycles. The van der Waals surface area contributed by atoms with Crippen LogP contribution in [0.25, 0.3) is 21.1 Å². The Morgan fingerprint density at radius 1 is 1.16 bits per heavy atom. The molecular weight excluding hydrogens is 431 g/mol. The third kappa shape index (κ3) is 4.03. The number of nitrogens with one attached hydrogen (secondary N) is 1. The van der Waals surface area contributed by atoms with Crippen LogP contribution in [0.3, 0.4) is 0 Å². The molecule has 5 rings (SSSR count). The first kappa shape index (κ1) is 20.4. The zero-order valence-electron chi connectivity index (χ0n) is 17.6. The van der Waals surface area contributed by atoms with Gasteiger partial charge >= 0.3 is 0 Å². The second kappa shape index (κ2) is 7.55. The largest absolute Gasteiger partial charge is 0.492 e. The lowest BCUT2D eigenvalue weighted by molar-refractivity contribution is -0.120. The maximum Gasteiger partial charge on any atom is 0.141 e. The van der Waals surface area contributed by atoms with E-state index in [2.05, 4.69) is 27.2 Å². The highest BCUT2D eigenvalue weighted by molar-refractivity contribution is 7.70. The van der Waals surface area contributed by atoms with E-state index >= 15 is 0 Å². The minimum Gasteiger partial charge on any atom is -0.492 e. The average molecular weight is 454 g/mol. The molecule has 7 nitrogen and oxygen atoms in total. The number of ether oxygens (including phenoxy) is 2. The number of anilines is 2. The first-order valence-electron chi connectivity index (χ1n) is 9.96. The number of thiazole rings is 1. The van der Waals surface area contributed by atoms with Crippen molar-refractivity contribution in [1.29, 1.82) is 0 Å². The number of rotatable bonds is 6. The quantitative estimate of drug-likeness (QED) is 0.425. The number of nitrogens with zero attached hydrogens (tertiary/aromatic N) is 3. The van der Waals surface area contributed by atoms with Crippen molar-refractivity contribution in [2.24, 2.45) is 5.41 Å². The van der Waals surface area contributed by atoms with E-state index in [0.717, 1.165) is 26.8 Å². The first-order valence-corrected chi connectivity index (χ1v) is 13.4. The molecule has 2 aromatic carbocycles. The van der Waals surface area contributed by atoms with Gasteiger partial charge in [-0.3, -0.25) is 0 Å². The molecule has 0 bridgehead atoms. The van der Waals surface area contributed by atoms with E-state index < -0.39 is 7.14 Å². The summed E-state index contributed by atoms with van der Waals surface area (Å²) >= 11 is 1.61. The first-order chi connectivity index (χ1) is 14.8. The van der Waals surface area contributed by atoms with E-state index in [-0.39, 0.29) is 5.41 Å². The van der Waals surface area contributed by atoms with Crippen molar-refractivity contribution < 1.29 is 14.0 Å². The molecule has 1 saturated heterocycles. The number of benzene rings is 2. The van der Waals surface area contributed by atoms with Gasteiger partial charge in [-0.1, -0.05) is 6.92 Å². The summed E-state index contributed by atoms with van der Waals surface area (Å²) in [5.74, 6) is 1.27. The zero-order chi connectivity index (χ0) is 21.6. The van der Waals surface area contributed by atoms with Crippen molar-refractivity contribution in [2.75, 3.05) is 38.5 Å². The maximum atomic E-state index is 13.1. The fourth-order valence-electron chi connectivity index (χ4n) is 3.57. The van der Waals surface area contributed by atoms with Gasteiger partial charge in [0.05, 0.1) is 46.4 Å². The third-order valence-electron chi connectivity index (χ3n) is 5.37. The van der Waals surface area contributed by atoms with Crippen molar-refractivity contribution >= 4 is 56.4 Å². The number of hydrogen-bond acceptors (Lipinski definition) is 8. The normalized spacial score (nSPS) is 15.7. The van der Waals surface area contributed by atoms with Crippen LogP contribution in [-0.2, 0) is 9.30 Å². The van der Waals surface area contributed by atoms with Crippen LogP contribution in [0, 0.1) is 5.41 Å². The molecule has 3 heterocycles. The summed E-state index contributed by atoms with van der Waals surface area (Å²) in [6.45, 7) is 7.48. The second-order valence-corrected chi connectivity index (χ2v) is 12.7. The fraction of sp³-hybridized carbons (Fsp3) is 0.318. The van der Waals surface area contributed by atoms with E-state index in [1.54, 1.807) is 24.7 Å². The Balaban J connectivity index is 1.54. The van der Waals surface area contributed by atoms with Crippen LogP contribution in [0.15, 0.2) is 42.2 Å². The van der Waals surface area contributed by atoms with Gasteiger partial charge in [-0.15, -0.1) is 11.3 Å². The van der Waals surface area contributed by atoms with Gasteiger partial charge in [0, 0.05) is 22.6 Å². The van der Waals surface area contributed by atoms with Crippen molar-refractivity contribution in [3.63, 3.8) is 0 Å². The standard InChI is InChI=1S/C22H23N4O3PS/c1-22(9-28-10-22)11-29-18-8-16-15(7-19(18)30(2,3)27)21(24-12-23-16)26-14-4-5-20-17(6-14)25-13-31-20/h4-8,12-13H,9-11H2,1-3H3,(H,23,24,26). The molecule has 0 atom stereocenters. The summed E-state index contributed by atoms with van der Waals surface area (Å²) in [7, 11) is -2.61. The van der Waals surface area contributed by atoms with Crippen LogP contribution in [0.2, 0.25) is 0 Å². The summed E-state index contributed by atoms with van der Waals surface area (Å²) in [5.41, 5.74) is 4.37. The van der Waals surface area contributed by atoms with Gasteiger partial charge in [-0.25, -0.2) is 15.0 Å². The number of aromatic nitrogens is 3. The molecule has 4 aromatic rings. The van der Waals surface area contributed by atoms with E-state index in [0.29, 0.717) is 36.7 Å². The third-order valence-corrected chi connectivity index (χ3v) is 7.69. The molecule has 0 amide bonds. The molecule has 1 fully saturated rings. The molecule has 31 heavy (non-hydrogen) atoms. The van der Waals surface area contributed by atoms with Crippen LogP contribution in [0.5, 0.6) is 5.75 Å². The SMILES string of the molecule is CC1(COc2cc3ncnc(Nc4ccc5scnc5c4)c3cc2P(C)(C)=O)COC1. The van der Waals surface area contributed by atoms with Crippen LogP contribution in [-0.4, -0.2) is 48.1 Å². The molecule has 0 unspecified atom stereocenters. The molecule has 9 heteroatoms. The molecule has 0 aliphatic carbocycles. The number of hydrogen-bond donors (Lipinski definition) is 1. The molecule has 1 aliphatic heterocycles. The van der Waals surface area contributed by atoms with Gasteiger partial charge in [0.15, 0.2) is 0 Å². The predicted octanol–water partition coefficient (Wildman–Crippen LogP) is 4.65. The van der Waals surface area contributed by atoms with Gasteiger partial charge in [0.1, 0.15) is 25.0 Å². The van der Waals surface area contributed by atoms with Gasteiger partial charge in [-0.05, 0) is 37.6 Å². The minimum absolute atomic E-state index is 0.00950. The maximum absolute atomic E-state index is 13.1. The van der Waals surface area contributed by atoms with Crippen LogP contribution >= 0.6 is 18.5 Å². The van der Waals surface area contributed by atoms with Crippen LogP contribution < -0.4 is 15.4 Å². The predicted molar refractivity (Wildman–Crippen MR) is 126 cm³/mol. The molecule has 1 aliphatic rings. The van der Waals surface area contributed by atoms with Crippen LogP contribution in [0.1, 0.15) is 6.92 Å². The molecule has 1 N–H and O–H groups in total. The van der Waals surface area contributed by atoms with E-state index in [1.807, 2.05) is 35.8 Å². The molecular formula is C22H23N4O3PS. The van der Waals surface area contributed by atoms with E-state index in [1.165, 1.54) is 6.33 Å². The lowest BCUT2D eigenvalue weighted by Gasteiger charge is -2.37. The zero-order valence-corrected chi connectivity index (χ0v) is 19.3. The highest BCUT2D eigenvalue weighted by Crippen LogP contribution is 2.41. The molecule has 160 valence electrons. The van der Waals surface area contributed by atoms with Crippen molar-refractivity contribution in [3.8, 4) is 5.75 Å². The lowest BCUT2D eigenvalue weighted by atomic mass is 9.90. The second-order valence-electron chi connectivity index (χ2n) is 8.66.